The lowest BCUT2D eigenvalue weighted by Crippen LogP contribution is -2.51. The van der Waals surface area contributed by atoms with Gasteiger partial charge in [0.25, 0.3) is 0 Å². The van der Waals surface area contributed by atoms with E-state index in [4.69, 9.17) is 4.84 Å². The van der Waals surface area contributed by atoms with Crippen LogP contribution in [0.15, 0.2) is 16.8 Å². The van der Waals surface area contributed by atoms with Gasteiger partial charge in [-0.15, -0.1) is 0 Å². The maximum absolute atomic E-state index is 12.7. The molecule has 5 aliphatic carbocycles. The SMILES string of the molecule is CNCCN(C(=O)O/N=C(\C)[C@H]1CC[C@H]2[C@@H]3CCC4=CC(=O)CC[C@]4(C)[C@H]3CC[C@]12C)C1CC1. The summed E-state index contributed by atoms with van der Waals surface area (Å²) in [6, 6.07) is 0.321. The molecule has 6 heteroatoms. The molecule has 0 bridgehead atoms. The van der Waals surface area contributed by atoms with Gasteiger partial charge in [-0.2, -0.15) is 0 Å². The van der Waals surface area contributed by atoms with Crippen LogP contribution in [0.3, 0.4) is 0 Å². The third-order valence-corrected chi connectivity index (χ3v) is 10.6. The molecular weight excluding hydrogens is 426 g/mol. The number of nitrogens with one attached hydrogen (secondary N) is 1. The highest BCUT2D eigenvalue weighted by molar-refractivity contribution is 5.91. The molecule has 0 aromatic rings. The first-order valence-electron chi connectivity index (χ1n) is 13.7. The van der Waals surface area contributed by atoms with E-state index in [1.165, 1.54) is 31.3 Å². The van der Waals surface area contributed by atoms with Crippen LogP contribution in [0.4, 0.5) is 4.79 Å². The van der Waals surface area contributed by atoms with E-state index in [-0.39, 0.29) is 16.9 Å². The van der Waals surface area contributed by atoms with Crippen LogP contribution >= 0.6 is 0 Å². The molecule has 1 amide bonds. The van der Waals surface area contributed by atoms with Crippen molar-refractivity contribution in [1.29, 1.82) is 0 Å². The van der Waals surface area contributed by atoms with Crippen LogP contribution in [0.1, 0.15) is 85.0 Å². The summed E-state index contributed by atoms with van der Waals surface area (Å²) in [5, 5.41) is 7.55. The molecule has 34 heavy (non-hydrogen) atoms. The molecule has 188 valence electrons. The van der Waals surface area contributed by atoms with Crippen LogP contribution < -0.4 is 5.32 Å². The van der Waals surface area contributed by atoms with Gasteiger partial charge in [-0.05, 0) is 106 Å². The fourth-order valence-corrected chi connectivity index (χ4v) is 8.51. The second-order valence-electron chi connectivity index (χ2n) is 12.3. The second kappa shape index (κ2) is 9.07. The van der Waals surface area contributed by atoms with Gasteiger partial charge in [0, 0.05) is 31.5 Å². The summed E-state index contributed by atoms with van der Waals surface area (Å²) in [5.74, 6) is 2.86. The zero-order chi connectivity index (χ0) is 24.1. The molecule has 0 heterocycles. The molecule has 4 saturated carbocycles. The Bertz CT molecular complexity index is 893. The fourth-order valence-electron chi connectivity index (χ4n) is 8.51. The van der Waals surface area contributed by atoms with E-state index in [9.17, 15) is 9.59 Å². The highest BCUT2D eigenvalue weighted by atomic mass is 16.7. The maximum Gasteiger partial charge on any atom is 0.436 e. The number of rotatable bonds is 6. The van der Waals surface area contributed by atoms with Gasteiger partial charge in [-0.1, -0.05) is 24.6 Å². The molecule has 5 aliphatic rings. The number of hydrogen-bond acceptors (Lipinski definition) is 5. The highest BCUT2D eigenvalue weighted by Gasteiger charge is 2.59. The molecule has 0 aliphatic heterocycles. The Morgan fingerprint density at radius 3 is 2.65 bits per heavy atom. The fraction of sp³-hybridized carbons (Fsp3) is 0.821. The number of nitrogens with zero attached hydrogens (tertiary/aromatic N) is 2. The van der Waals surface area contributed by atoms with Crippen molar-refractivity contribution in [2.45, 2.75) is 91.0 Å². The van der Waals surface area contributed by atoms with Crippen molar-refractivity contribution in [2.75, 3.05) is 20.1 Å². The standard InChI is InChI=1S/C28H43N3O3/c1-18(30-34-26(33)31(16-15-29-4)20-6-7-20)23-9-10-24-22-8-5-19-17-21(32)11-13-27(19,2)25(22)12-14-28(23,24)3/h17,20,22-25,29H,5-16H2,1-4H3/b30-18+/t22-,23+,24-,25-,27-,28+/m0/s1. The van der Waals surface area contributed by atoms with Crippen molar-refractivity contribution in [3.8, 4) is 0 Å². The smallest absolute Gasteiger partial charge is 0.318 e. The summed E-state index contributed by atoms with van der Waals surface area (Å²) in [5.41, 5.74) is 2.87. The minimum absolute atomic E-state index is 0.217. The third kappa shape index (κ3) is 4.04. The van der Waals surface area contributed by atoms with E-state index in [0.717, 1.165) is 56.7 Å². The number of carbonyl (C=O) groups is 2. The van der Waals surface area contributed by atoms with Gasteiger partial charge in [0.2, 0.25) is 0 Å². The van der Waals surface area contributed by atoms with E-state index in [1.807, 2.05) is 18.0 Å². The second-order valence-corrected chi connectivity index (χ2v) is 12.3. The van der Waals surface area contributed by atoms with E-state index >= 15 is 0 Å². The number of fused-ring (bicyclic) bond motifs is 5. The Balaban J connectivity index is 1.28. The molecular formula is C28H43N3O3. The first-order valence-corrected chi connectivity index (χ1v) is 13.7. The van der Waals surface area contributed by atoms with Crippen LogP contribution in [-0.2, 0) is 9.63 Å². The van der Waals surface area contributed by atoms with Gasteiger partial charge in [-0.3, -0.25) is 9.63 Å². The van der Waals surface area contributed by atoms with Gasteiger partial charge >= 0.3 is 6.09 Å². The van der Waals surface area contributed by atoms with Crippen molar-refractivity contribution in [3.05, 3.63) is 11.6 Å². The third-order valence-electron chi connectivity index (χ3n) is 10.6. The van der Waals surface area contributed by atoms with Crippen molar-refractivity contribution < 1.29 is 14.4 Å². The number of carbonyl (C=O) groups excluding carboxylic acids is 2. The predicted molar refractivity (Wildman–Crippen MR) is 133 cm³/mol. The van der Waals surface area contributed by atoms with Gasteiger partial charge in [0.05, 0.1) is 5.71 Å². The lowest BCUT2D eigenvalue weighted by atomic mass is 9.46. The van der Waals surface area contributed by atoms with Gasteiger partial charge in [0.15, 0.2) is 5.78 Å². The molecule has 0 radical (unpaired) electrons. The normalized spacial score (nSPS) is 39.6. The van der Waals surface area contributed by atoms with Gasteiger partial charge < -0.3 is 10.2 Å². The first-order chi connectivity index (χ1) is 16.3. The summed E-state index contributed by atoms with van der Waals surface area (Å²) in [7, 11) is 1.90. The quantitative estimate of drug-likeness (QED) is 0.324. The Morgan fingerprint density at radius 1 is 1.12 bits per heavy atom. The average molecular weight is 470 g/mol. The highest BCUT2D eigenvalue weighted by Crippen LogP contribution is 2.66. The topological polar surface area (TPSA) is 71.0 Å². The van der Waals surface area contributed by atoms with Crippen molar-refractivity contribution in [1.82, 2.24) is 10.2 Å². The average Bonchev–Trinajstić information content (AvgIpc) is 3.58. The number of amides is 1. The van der Waals surface area contributed by atoms with Crippen LogP contribution in [0, 0.1) is 34.5 Å². The lowest BCUT2D eigenvalue weighted by molar-refractivity contribution is -0.117. The summed E-state index contributed by atoms with van der Waals surface area (Å²) in [4.78, 5) is 32.2. The van der Waals surface area contributed by atoms with E-state index in [2.05, 4.69) is 31.2 Å². The van der Waals surface area contributed by atoms with Gasteiger partial charge in [-0.25, -0.2) is 4.79 Å². The molecule has 4 fully saturated rings. The Hall–Kier alpha value is -1.69. The van der Waals surface area contributed by atoms with E-state index < -0.39 is 0 Å². The number of likely N-dealkylation sites (N-methyl/N-ethyl adjacent to an activating group) is 1. The summed E-state index contributed by atoms with van der Waals surface area (Å²) >= 11 is 0. The first kappa shape index (κ1) is 24.0. The predicted octanol–water partition coefficient (Wildman–Crippen LogP) is 5.33. The van der Waals surface area contributed by atoms with Crippen LogP contribution in [0.25, 0.3) is 0 Å². The lowest BCUT2D eigenvalue weighted by Gasteiger charge is -2.58. The molecule has 1 N–H and O–H groups in total. The number of oxime groups is 1. The number of allylic oxidation sites excluding steroid dienone is 1. The zero-order valence-electron chi connectivity index (χ0n) is 21.6. The summed E-state index contributed by atoms with van der Waals surface area (Å²) < 4.78 is 0. The Kier molecular flexibility index (Phi) is 6.41. The molecule has 0 aromatic carbocycles. The van der Waals surface area contributed by atoms with Gasteiger partial charge in [0.1, 0.15) is 0 Å². The monoisotopic (exact) mass is 469 g/mol. The Labute approximate surface area is 204 Å². The number of hydrogen-bond donors (Lipinski definition) is 1. The number of ketones is 1. The van der Waals surface area contributed by atoms with Crippen molar-refractivity contribution >= 4 is 17.6 Å². The van der Waals surface area contributed by atoms with E-state index in [1.54, 1.807) is 0 Å². The molecule has 6 nitrogen and oxygen atoms in total. The van der Waals surface area contributed by atoms with Crippen LogP contribution in [0.2, 0.25) is 0 Å². The Morgan fingerprint density at radius 2 is 1.91 bits per heavy atom. The zero-order valence-corrected chi connectivity index (χ0v) is 21.6. The van der Waals surface area contributed by atoms with Crippen LogP contribution in [-0.4, -0.2) is 48.7 Å². The molecule has 0 aromatic heterocycles. The summed E-state index contributed by atoms with van der Waals surface area (Å²) in [6.07, 6.45) is 12.7. The van der Waals surface area contributed by atoms with E-state index in [0.29, 0.717) is 36.1 Å². The largest absolute Gasteiger partial charge is 0.436 e. The maximum atomic E-state index is 12.7. The minimum Gasteiger partial charge on any atom is -0.318 e. The molecule has 0 saturated heterocycles. The molecule has 0 spiro atoms. The van der Waals surface area contributed by atoms with Crippen molar-refractivity contribution in [2.24, 2.45) is 39.7 Å². The van der Waals surface area contributed by atoms with Crippen molar-refractivity contribution in [3.63, 3.8) is 0 Å². The van der Waals surface area contributed by atoms with Crippen LogP contribution in [0.5, 0.6) is 0 Å². The summed E-state index contributed by atoms with van der Waals surface area (Å²) in [6.45, 7) is 8.43. The minimum atomic E-state index is -0.299. The molecule has 5 rings (SSSR count). The molecule has 6 atom stereocenters. The molecule has 0 unspecified atom stereocenters.